The highest BCUT2D eigenvalue weighted by atomic mass is 16.5. The third-order valence-corrected chi connectivity index (χ3v) is 6.87. The Morgan fingerprint density at radius 3 is 2.44 bits per heavy atom. The van der Waals surface area contributed by atoms with Crippen molar-refractivity contribution in [3.05, 3.63) is 95.6 Å². The number of nitrogens with zero attached hydrogens (tertiary/aromatic N) is 1. The van der Waals surface area contributed by atoms with E-state index in [0.717, 1.165) is 66.2 Å². The van der Waals surface area contributed by atoms with Gasteiger partial charge in [0.1, 0.15) is 12.4 Å². The van der Waals surface area contributed by atoms with Crippen LogP contribution in [0.15, 0.2) is 78.9 Å². The summed E-state index contributed by atoms with van der Waals surface area (Å²) in [6.45, 7) is 9.15. The van der Waals surface area contributed by atoms with Gasteiger partial charge in [-0.15, -0.1) is 0 Å². The number of hydrogen-bond donors (Lipinski definition) is 1. The minimum atomic E-state index is -0.133. The molecule has 1 heterocycles. The average molecular weight is 481 g/mol. The zero-order valence-corrected chi connectivity index (χ0v) is 20.9. The number of fused-ring (bicyclic) bond motifs is 1. The van der Waals surface area contributed by atoms with Crippen LogP contribution in [0.5, 0.6) is 5.75 Å². The van der Waals surface area contributed by atoms with Crippen LogP contribution in [-0.4, -0.2) is 50.3 Å². The fraction of sp³-hybridized carbons (Fsp3) is 0.258. The molecule has 0 spiro atoms. The normalized spacial score (nSPS) is 14.1. The number of benzene rings is 4. The smallest absolute Gasteiger partial charge is 0.255 e. The number of hydrogen-bond acceptors (Lipinski definition) is 4. The van der Waals surface area contributed by atoms with Gasteiger partial charge in [0, 0.05) is 41.7 Å². The molecule has 0 aliphatic carbocycles. The molecule has 4 aromatic carbocycles. The van der Waals surface area contributed by atoms with E-state index in [1.807, 2.05) is 60.7 Å². The van der Waals surface area contributed by atoms with Crippen molar-refractivity contribution in [2.24, 2.45) is 0 Å². The third kappa shape index (κ3) is 5.43. The Kier molecular flexibility index (Phi) is 7.31. The predicted octanol–water partition coefficient (Wildman–Crippen LogP) is 6.09. The maximum Gasteiger partial charge on any atom is 0.255 e. The summed E-state index contributed by atoms with van der Waals surface area (Å²) in [6, 6.07) is 26.1. The lowest BCUT2D eigenvalue weighted by Crippen LogP contribution is -2.38. The third-order valence-electron chi connectivity index (χ3n) is 6.87. The largest absolute Gasteiger partial charge is 0.492 e. The minimum Gasteiger partial charge on any atom is -0.492 e. The van der Waals surface area contributed by atoms with Gasteiger partial charge in [-0.1, -0.05) is 54.6 Å². The molecule has 0 saturated carbocycles. The Bertz CT molecular complexity index is 1380. The molecule has 5 rings (SSSR count). The highest BCUT2D eigenvalue weighted by Crippen LogP contribution is 2.32. The van der Waals surface area contributed by atoms with Crippen LogP contribution in [0.25, 0.3) is 21.9 Å². The van der Waals surface area contributed by atoms with Gasteiger partial charge in [0.2, 0.25) is 0 Å². The van der Waals surface area contributed by atoms with Crippen molar-refractivity contribution in [1.82, 2.24) is 4.90 Å². The first-order valence-electron chi connectivity index (χ1n) is 12.5. The van der Waals surface area contributed by atoms with E-state index in [1.54, 1.807) is 0 Å². The molecule has 5 nitrogen and oxygen atoms in total. The zero-order chi connectivity index (χ0) is 24.9. The zero-order valence-electron chi connectivity index (χ0n) is 20.9. The number of anilines is 1. The lowest BCUT2D eigenvalue weighted by molar-refractivity contribution is 0.0323. The van der Waals surface area contributed by atoms with Crippen molar-refractivity contribution < 1.29 is 14.3 Å². The van der Waals surface area contributed by atoms with Crippen LogP contribution in [0.3, 0.4) is 0 Å². The van der Waals surface area contributed by atoms with Gasteiger partial charge in [-0.3, -0.25) is 9.69 Å². The van der Waals surface area contributed by atoms with Crippen molar-refractivity contribution in [1.29, 1.82) is 0 Å². The van der Waals surface area contributed by atoms with Gasteiger partial charge in [0.05, 0.1) is 13.2 Å². The highest BCUT2D eigenvalue weighted by Gasteiger charge is 2.14. The number of aryl methyl sites for hydroxylation is 2. The number of morpholine rings is 1. The first-order valence-corrected chi connectivity index (χ1v) is 12.5. The van der Waals surface area contributed by atoms with E-state index in [0.29, 0.717) is 12.2 Å². The summed E-state index contributed by atoms with van der Waals surface area (Å²) in [5.41, 5.74) is 6.03. The van der Waals surface area contributed by atoms with Crippen molar-refractivity contribution >= 4 is 22.4 Å². The summed E-state index contributed by atoms with van der Waals surface area (Å²) in [4.78, 5) is 15.6. The van der Waals surface area contributed by atoms with E-state index >= 15 is 0 Å². The number of nitrogens with one attached hydrogen (secondary N) is 1. The van der Waals surface area contributed by atoms with Gasteiger partial charge in [0.25, 0.3) is 5.91 Å². The molecule has 5 heteroatoms. The molecule has 1 fully saturated rings. The predicted molar refractivity (Wildman–Crippen MR) is 146 cm³/mol. The van der Waals surface area contributed by atoms with E-state index in [-0.39, 0.29) is 5.91 Å². The number of ether oxygens (including phenoxy) is 2. The van der Waals surface area contributed by atoms with E-state index in [4.69, 9.17) is 9.47 Å². The molecular formula is C31H32N2O3. The topological polar surface area (TPSA) is 50.8 Å². The molecule has 1 aliphatic heterocycles. The average Bonchev–Trinajstić information content (AvgIpc) is 2.92. The Balaban J connectivity index is 1.33. The van der Waals surface area contributed by atoms with Crippen molar-refractivity contribution in [3.63, 3.8) is 0 Å². The molecule has 0 bridgehead atoms. The molecule has 1 aliphatic rings. The molecular weight excluding hydrogens is 448 g/mol. The summed E-state index contributed by atoms with van der Waals surface area (Å²) in [5.74, 6) is 0.695. The summed E-state index contributed by atoms with van der Waals surface area (Å²) >= 11 is 0. The van der Waals surface area contributed by atoms with E-state index < -0.39 is 0 Å². The van der Waals surface area contributed by atoms with Gasteiger partial charge in [-0.25, -0.2) is 0 Å². The Labute approximate surface area is 212 Å². The molecule has 184 valence electrons. The second-order valence-corrected chi connectivity index (χ2v) is 9.29. The number of rotatable bonds is 7. The van der Waals surface area contributed by atoms with Crippen LogP contribution in [-0.2, 0) is 4.74 Å². The van der Waals surface area contributed by atoms with Gasteiger partial charge in [0.15, 0.2) is 0 Å². The molecule has 0 atom stereocenters. The lowest BCUT2D eigenvalue weighted by atomic mass is 9.99. The van der Waals surface area contributed by atoms with Gasteiger partial charge in [-0.2, -0.15) is 0 Å². The second-order valence-electron chi connectivity index (χ2n) is 9.29. The number of carbonyl (C=O) groups excluding carboxylic acids is 1. The fourth-order valence-corrected chi connectivity index (χ4v) is 4.57. The monoisotopic (exact) mass is 480 g/mol. The maximum absolute atomic E-state index is 13.2. The van der Waals surface area contributed by atoms with Crippen LogP contribution in [0.4, 0.5) is 5.69 Å². The van der Waals surface area contributed by atoms with Gasteiger partial charge in [-0.05, 0) is 60.4 Å². The van der Waals surface area contributed by atoms with Crippen molar-refractivity contribution in [2.75, 3.05) is 44.8 Å². The van der Waals surface area contributed by atoms with Crippen molar-refractivity contribution in [2.45, 2.75) is 13.8 Å². The summed E-state index contributed by atoms with van der Waals surface area (Å²) in [7, 11) is 0. The fourth-order valence-electron chi connectivity index (χ4n) is 4.57. The Hall–Kier alpha value is -3.67. The SMILES string of the molecule is Cc1ccc(-c2cccc(C(=O)Nc3ccc(OCCN4CCOCC4)c4ccccc34)c2)cc1C. The molecule has 36 heavy (non-hydrogen) atoms. The summed E-state index contributed by atoms with van der Waals surface area (Å²) in [6.07, 6.45) is 0. The van der Waals surface area contributed by atoms with Gasteiger partial charge < -0.3 is 14.8 Å². The standard InChI is InChI=1S/C31H32N2O3/c1-22-10-11-25(20-23(22)2)24-6-5-7-26(21-24)31(34)32-29-12-13-30(28-9-4-3-8-27(28)29)36-19-16-33-14-17-35-18-15-33/h3-13,20-21H,14-19H2,1-2H3,(H,32,34). The second kappa shape index (κ2) is 10.9. The van der Waals surface area contributed by atoms with Gasteiger partial charge >= 0.3 is 0 Å². The Morgan fingerprint density at radius 1 is 0.861 bits per heavy atom. The van der Waals surface area contributed by atoms with Crippen LogP contribution >= 0.6 is 0 Å². The van der Waals surface area contributed by atoms with Crippen LogP contribution < -0.4 is 10.1 Å². The van der Waals surface area contributed by atoms with Crippen LogP contribution in [0.1, 0.15) is 21.5 Å². The quantitative estimate of drug-likeness (QED) is 0.348. The van der Waals surface area contributed by atoms with E-state index in [1.165, 1.54) is 11.1 Å². The lowest BCUT2D eigenvalue weighted by Gasteiger charge is -2.26. The highest BCUT2D eigenvalue weighted by molar-refractivity contribution is 6.10. The van der Waals surface area contributed by atoms with Crippen LogP contribution in [0, 0.1) is 13.8 Å². The molecule has 0 radical (unpaired) electrons. The molecule has 1 amide bonds. The molecule has 0 aromatic heterocycles. The van der Waals surface area contributed by atoms with E-state index in [9.17, 15) is 4.79 Å². The molecule has 1 N–H and O–H groups in total. The van der Waals surface area contributed by atoms with Crippen molar-refractivity contribution in [3.8, 4) is 16.9 Å². The Morgan fingerprint density at radius 2 is 1.64 bits per heavy atom. The maximum atomic E-state index is 13.2. The van der Waals surface area contributed by atoms with E-state index in [2.05, 4.69) is 42.3 Å². The first kappa shape index (κ1) is 24.0. The minimum absolute atomic E-state index is 0.133. The molecule has 0 unspecified atom stereocenters. The number of amides is 1. The number of carbonyl (C=O) groups is 1. The summed E-state index contributed by atoms with van der Waals surface area (Å²) in [5, 5.41) is 5.06. The first-order chi connectivity index (χ1) is 17.6. The molecule has 4 aromatic rings. The van der Waals surface area contributed by atoms with Crippen LogP contribution in [0.2, 0.25) is 0 Å². The molecule has 1 saturated heterocycles. The summed E-state index contributed by atoms with van der Waals surface area (Å²) < 4.78 is 11.6.